The van der Waals surface area contributed by atoms with Gasteiger partial charge in [0.05, 0.1) is 14.2 Å². The van der Waals surface area contributed by atoms with Crippen LogP contribution >= 0.6 is 0 Å². The van der Waals surface area contributed by atoms with E-state index in [4.69, 9.17) is 9.47 Å². The molecule has 4 aromatic carbocycles. The molecule has 4 aromatic rings. The molecule has 0 fully saturated rings. The molecule has 42 heavy (non-hydrogen) atoms. The van der Waals surface area contributed by atoms with Gasteiger partial charge in [-0.3, -0.25) is 0 Å². The Morgan fingerprint density at radius 3 is 0.952 bits per heavy atom. The van der Waals surface area contributed by atoms with Crippen molar-refractivity contribution in [3.63, 3.8) is 0 Å². The predicted molar refractivity (Wildman–Crippen MR) is 180 cm³/mol. The fourth-order valence-electron chi connectivity index (χ4n) is 5.31. The molecular formula is C38H44N2O2. The van der Waals surface area contributed by atoms with Crippen molar-refractivity contribution in [3.05, 3.63) is 131 Å². The highest BCUT2D eigenvalue weighted by Gasteiger charge is 2.11. The number of benzene rings is 4. The second-order valence-electron chi connectivity index (χ2n) is 10.1. The maximum Gasteiger partial charge on any atom is 0.118 e. The molecule has 0 radical (unpaired) electrons. The number of rotatable bonds is 13. The number of nitrogens with zero attached hydrogens (tertiary/aromatic N) is 2. The maximum atomic E-state index is 5.43. The van der Waals surface area contributed by atoms with Crippen molar-refractivity contribution >= 4 is 22.5 Å². The van der Waals surface area contributed by atoms with E-state index in [1.807, 2.05) is 24.3 Å². The average molecular weight is 561 g/mol. The number of ether oxygens (including phenoxy) is 2. The van der Waals surface area contributed by atoms with Crippen LogP contribution in [0.4, 0.5) is 11.4 Å². The molecule has 4 heteroatoms. The highest BCUT2D eigenvalue weighted by molar-refractivity contribution is 5.87. The SMILES string of the molecule is CCN(CC)c1ccc(C(=CC=C(c2ccc(OC)cc2)c2ccc(OC)cc2)c2ccc(N(CC)CC)cc2)cc1. The molecule has 0 amide bonds. The third-order valence-corrected chi connectivity index (χ3v) is 7.83. The van der Waals surface area contributed by atoms with Crippen LogP contribution in [0.2, 0.25) is 0 Å². The van der Waals surface area contributed by atoms with E-state index in [1.54, 1.807) is 14.2 Å². The first-order chi connectivity index (χ1) is 20.5. The Morgan fingerprint density at radius 1 is 0.452 bits per heavy atom. The van der Waals surface area contributed by atoms with E-state index in [1.165, 1.54) is 28.1 Å². The summed E-state index contributed by atoms with van der Waals surface area (Å²) < 4.78 is 10.9. The smallest absolute Gasteiger partial charge is 0.118 e. The standard InChI is InChI=1S/C38H44N2O2/c1-7-39(8-2)33-19-11-29(12-20-33)37(30-13-21-34(22-14-30)40(9-3)10-4)27-28-38(31-15-23-35(41-5)24-16-31)32-17-25-36(42-6)26-18-32/h11-28H,7-10H2,1-6H3. The van der Waals surface area contributed by atoms with Crippen LogP contribution < -0.4 is 19.3 Å². The third kappa shape index (κ3) is 7.25. The predicted octanol–water partition coefficient (Wildman–Crippen LogP) is 8.96. The van der Waals surface area contributed by atoms with Crippen LogP contribution in [-0.2, 0) is 0 Å². The lowest BCUT2D eigenvalue weighted by molar-refractivity contribution is 0.414. The third-order valence-electron chi connectivity index (χ3n) is 7.83. The second-order valence-corrected chi connectivity index (χ2v) is 10.1. The summed E-state index contributed by atoms with van der Waals surface area (Å²) in [4.78, 5) is 4.74. The molecule has 0 unspecified atom stereocenters. The van der Waals surface area contributed by atoms with E-state index in [9.17, 15) is 0 Å². The maximum absolute atomic E-state index is 5.43. The number of hydrogen-bond acceptors (Lipinski definition) is 4. The summed E-state index contributed by atoms with van der Waals surface area (Å²) >= 11 is 0. The summed E-state index contributed by atoms with van der Waals surface area (Å²) in [6, 6.07) is 34.4. The summed E-state index contributed by atoms with van der Waals surface area (Å²) in [6.45, 7) is 12.7. The summed E-state index contributed by atoms with van der Waals surface area (Å²) in [7, 11) is 3.39. The van der Waals surface area contributed by atoms with Crippen LogP contribution in [0.1, 0.15) is 49.9 Å². The van der Waals surface area contributed by atoms with Gasteiger partial charge in [0.1, 0.15) is 11.5 Å². The second kappa shape index (κ2) is 15.0. The highest BCUT2D eigenvalue weighted by Crippen LogP contribution is 2.31. The Balaban J connectivity index is 1.85. The lowest BCUT2D eigenvalue weighted by atomic mass is 9.93. The zero-order valence-electron chi connectivity index (χ0n) is 25.9. The van der Waals surface area contributed by atoms with E-state index < -0.39 is 0 Å². The fourth-order valence-corrected chi connectivity index (χ4v) is 5.31. The Bertz CT molecular complexity index is 1340. The molecule has 0 bridgehead atoms. The largest absolute Gasteiger partial charge is 0.497 e. The molecule has 0 aliphatic heterocycles. The van der Waals surface area contributed by atoms with Crippen LogP contribution in [-0.4, -0.2) is 40.4 Å². The Labute approximate surface area is 252 Å². The molecule has 4 rings (SSSR count). The lowest BCUT2D eigenvalue weighted by Gasteiger charge is -2.22. The minimum Gasteiger partial charge on any atom is -0.497 e. The van der Waals surface area contributed by atoms with Gasteiger partial charge >= 0.3 is 0 Å². The van der Waals surface area contributed by atoms with Gasteiger partial charge in [-0.25, -0.2) is 0 Å². The summed E-state index contributed by atoms with van der Waals surface area (Å²) in [5.74, 6) is 1.68. The number of hydrogen-bond donors (Lipinski definition) is 0. The van der Waals surface area contributed by atoms with Crippen LogP contribution in [0.3, 0.4) is 0 Å². The van der Waals surface area contributed by atoms with Crippen LogP contribution in [0.5, 0.6) is 11.5 Å². The first-order valence-corrected chi connectivity index (χ1v) is 15.0. The van der Waals surface area contributed by atoms with Crippen molar-refractivity contribution in [1.82, 2.24) is 0 Å². The highest BCUT2D eigenvalue weighted by atomic mass is 16.5. The zero-order valence-corrected chi connectivity index (χ0v) is 25.9. The number of allylic oxidation sites excluding steroid dienone is 2. The lowest BCUT2D eigenvalue weighted by Crippen LogP contribution is -2.21. The van der Waals surface area contributed by atoms with E-state index >= 15 is 0 Å². The normalized spacial score (nSPS) is 10.5. The summed E-state index contributed by atoms with van der Waals surface area (Å²) in [5, 5.41) is 0. The van der Waals surface area contributed by atoms with Crippen molar-refractivity contribution in [2.45, 2.75) is 27.7 Å². The summed E-state index contributed by atoms with van der Waals surface area (Å²) in [6.07, 6.45) is 4.48. The van der Waals surface area contributed by atoms with Gasteiger partial charge in [-0.1, -0.05) is 60.7 Å². The topological polar surface area (TPSA) is 24.9 Å². The molecule has 0 aliphatic carbocycles. The molecule has 0 heterocycles. The Morgan fingerprint density at radius 2 is 0.714 bits per heavy atom. The molecule has 0 spiro atoms. The molecule has 4 nitrogen and oxygen atoms in total. The van der Waals surface area contributed by atoms with Crippen LogP contribution in [0.15, 0.2) is 109 Å². The first-order valence-electron chi connectivity index (χ1n) is 15.0. The summed E-state index contributed by atoms with van der Waals surface area (Å²) in [5.41, 5.74) is 9.38. The minimum absolute atomic E-state index is 0.839. The molecular weight excluding hydrogens is 516 g/mol. The van der Waals surface area contributed by atoms with Crippen LogP contribution in [0.25, 0.3) is 11.1 Å². The van der Waals surface area contributed by atoms with Crippen molar-refractivity contribution < 1.29 is 9.47 Å². The molecule has 0 aromatic heterocycles. The van der Waals surface area contributed by atoms with Gasteiger partial charge in [0.2, 0.25) is 0 Å². The van der Waals surface area contributed by atoms with Crippen molar-refractivity contribution in [2.24, 2.45) is 0 Å². The van der Waals surface area contributed by atoms with Crippen molar-refractivity contribution in [2.75, 3.05) is 50.2 Å². The van der Waals surface area contributed by atoms with Gasteiger partial charge in [0.25, 0.3) is 0 Å². The van der Waals surface area contributed by atoms with Gasteiger partial charge in [0.15, 0.2) is 0 Å². The van der Waals surface area contributed by atoms with E-state index in [0.717, 1.165) is 54.4 Å². The van der Waals surface area contributed by atoms with Crippen molar-refractivity contribution in [3.8, 4) is 11.5 Å². The first kappa shape index (κ1) is 30.5. The quantitative estimate of drug-likeness (QED) is 0.152. The van der Waals surface area contributed by atoms with Crippen molar-refractivity contribution in [1.29, 1.82) is 0 Å². The molecule has 218 valence electrons. The fraction of sp³-hybridized carbons (Fsp3) is 0.263. The molecule has 0 saturated heterocycles. The van der Waals surface area contributed by atoms with E-state index in [0.29, 0.717) is 0 Å². The van der Waals surface area contributed by atoms with Gasteiger partial charge in [-0.15, -0.1) is 0 Å². The monoisotopic (exact) mass is 560 g/mol. The minimum atomic E-state index is 0.839. The van der Waals surface area contributed by atoms with Gasteiger partial charge < -0.3 is 19.3 Å². The number of methoxy groups -OCH3 is 2. The number of anilines is 2. The van der Waals surface area contributed by atoms with E-state index in [-0.39, 0.29) is 0 Å². The zero-order chi connectivity index (χ0) is 29.9. The van der Waals surface area contributed by atoms with Gasteiger partial charge in [-0.2, -0.15) is 0 Å². The molecule has 0 atom stereocenters. The van der Waals surface area contributed by atoms with Gasteiger partial charge in [0, 0.05) is 37.6 Å². The molecule has 0 N–H and O–H groups in total. The van der Waals surface area contributed by atoms with Gasteiger partial charge in [-0.05, 0) is 110 Å². The van der Waals surface area contributed by atoms with E-state index in [2.05, 4.69) is 122 Å². The average Bonchev–Trinajstić information content (AvgIpc) is 3.05. The Kier molecular flexibility index (Phi) is 10.9. The van der Waals surface area contributed by atoms with Crippen LogP contribution in [0, 0.1) is 0 Å². The molecule has 0 aliphatic rings. The Hall–Kier alpha value is -4.44. The molecule has 0 saturated carbocycles.